The van der Waals surface area contributed by atoms with Gasteiger partial charge >= 0.3 is 11.9 Å². The molecule has 0 heterocycles. The number of nitrogens with one attached hydrogen (secondary N) is 3. The lowest BCUT2D eigenvalue weighted by Gasteiger charge is -2.25. The van der Waals surface area contributed by atoms with Crippen molar-refractivity contribution < 1.29 is 39.0 Å². The number of carboxylic acid groups (broad SMARTS) is 2. The van der Waals surface area contributed by atoms with Crippen LogP contribution in [-0.4, -0.2) is 75.7 Å². The largest absolute Gasteiger partial charge is 0.481 e. The van der Waals surface area contributed by atoms with Gasteiger partial charge in [-0.15, -0.1) is 0 Å². The van der Waals surface area contributed by atoms with Crippen LogP contribution in [0.5, 0.6) is 0 Å². The summed E-state index contributed by atoms with van der Waals surface area (Å²) in [5.74, 6) is -6.19. The topological polar surface area (TPSA) is 231 Å². The van der Waals surface area contributed by atoms with Gasteiger partial charge in [-0.05, 0) is 18.8 Å². The first-order valence-corrected chi connectivity index (χ1v) is 10.4. The number of rotatable bonds is 15. The average molecular weight is 478 g/mol. The minimum Gasteiger partial charge on any atom is -0.481 e. The van der Waals surface area contributed by atoms with E-state index in [0.717, 1.165) is 0 Å². The molecule has 0 aromatic heterocycles. The Labute approximate surface area is 190 Å². The summed E-state index contributed by atoms with van der Waals surface area (Å²) in [5.41, 5.74) is 10.5. The van der Waals surface area contributed by atoms with Crippen molar-refractivity contribution in [1.82, 2.24) is 16.0 Å². The third kappa shape index (κ3) is 11.5. The molecule has 4 atom stereocenters. The Morgan fingerprint density at radius 1 is 0.875 bits per heavy atom. The van der Waals surface area contributed by atoms with E-state index in [2.05, 4.69) is 28.6 Å². The van der Waals surface area contributed by atoms with Crippen LogP contribution in [0.4, 0.5) is 0 Å². The molecular weight excluding hydrogens is 446 g/mol. The maximum absolute atomic E-state index is 12.8. The number of hydrogen-bond donors (Lipinski definition) is 8. The van der Waals surface area contributed by atoms with Gasteiger partial charge in [0.25, 0.3) is 0 Å². The molecule has 14 heteroatoms. The van der Waals surface area contributed by atoms with Crippen molar-refractivity contribution in [2.24, 2.45) is 17.4 Å². The lowest BCUT2D eigenvalue weighted by molar-refractivity contribution is -0.141. The monoisotopic (exact) mass is 477 g/mol. The molecule has 182 valence electrons. The second-order valence-electron chi connectivity index (χ2n) is 7.54. The van der Waals surface area contributed by atoms with Gasteiger partial charge in [-0.25, -0.2) is 4.79 Å². The fourth-order valence-electron chi connectivity index (χ4n) is 2.56. The SMILES string of the molecule is CC(C)CC(NC(=O)C(CCC(=O)O)NC(=O)C(N)CC(N)=O)C(=O)NC(CS)C(=O)O. The smallest absolute Gasteiger partial charge is 0.327 e. The summed E-state index contributed by atoms with van der Waals surface area (Å²) in [7, 11) is 0. The number of carbonyl (C=O) groups excluding carboxylic acids is 4. The van der Waals surface area contributed by atoms with Crippen molar-refractivity contribution in [1.29, 1.82) is 0 Å². The van der Waals surface area contributed by atoms with Gasteiger partial charge in [0.05, 0.1) is 12.5 Å². The first-order valence-electron chi connectivity index (χ1n) is 9.78. The molecule has 0 fully saturated rings. The molecule has 0 saturated carbocycles. The summed E-state index contributed by atoms with van der Waals surface area (Å²) in [4.78, 5) is 70.5. The van der Waals surface area contributed by atoms with E-state index in [1.165, 1.54) is 0 Å². The molecule has 0 aliphatic heterocycles. The molecule has 0 aliphatic rings. The molecule has 0 bridgehead atoms. The summed E-state index contributed by atoms with van der Waals surface area (Å²) in [6.45, 7) is 3.54. The first kappa shape index (κ1) is 29.1. The van der Waals surface area contributed by atoms with Crippen LogP contribution in [0.25, 0.3) is 0 Å². The number of amides is 4. The van der Waals surface area contributed by atoms with Crippen LogP contribution in [0, 0.1) is 5.92 Å². The van der Waals surface area contributed by atoms with Crippen molar-refractivity contribution in [2.75, 3.05) is 5.75 Å². The Bertz CT molecular complexity index is 717. The zero-order valence-corrected chi connectivity index (χ0v) is 18.8. The van der Waals surface area contributed by atoms with Crippen molar-refractivity contribution in [2.45, 2.75) is 63.7 Å². The van der Waals surface area contributed by atoms with Crippen LogP contribution in [0.15, 0.2) is 0 Å². The third-order valence-electron chi connectivity index (χ3n) is 4.17. The van der Waals surface area contributed by atoms with Gasteiger partial charge in [-0.3, -0.25) is 24.0 Å². The molecular formula is C18H31N5O8S. The molecule has 0 aromatic rings. The summed E-state index contributed by atoms with van der Waals surface area (Å²) < 4.78 is 0. The molecule has 0 rings (SSSR count). The molecule has 32 heavy (non-hydrogen) atoms. The highest BCUT2D eigenvalue weighted by Crippen LogP contribution is 2.08. The van der Waals surface area contributed by atoms with E-state index in [-0.39, 0.29) is 24.5 Å². The normalized spacial score (nSPS) is 14.5. The standard InChI is InChI=1S/C18H31N5O8S/c1-8(2)5-11(17(29)23-12(7-32)18(30)31)22-16(28)10(3-4-14(25)26)21-15(27)9(19)6-13(20)24/h8-12,32H,3-7,19H2,1-2H3,(H2,20,24)(H,21,27)(H,22,28)(H,23,29)(H,25,26)(H,30,31). The van der Waals surface area contributed by atoms with Gasteiger partial charge in [0, 0.05) is 12.2 Å². The molecule has 0 spiro atoms. The van der Waals surface area contributed by atoms with Crippen molar-refractivity contribution in [3.8, 4) is 0 Å². The second-order valence-corrected chi connectivity index (χ2v) is 7.91. The minimum absolute atomic E-state index is 0.0821. The Balaban J connectivity index is 5.49. The molecule has 0 aromatic carbocycles. The van der Waals surface area contributed by atoms with E-state index in [9.17, 15) is 28.8 Å². The lowest BCUT2D eigenvalue weighted by Crippen LogP contribution is -2.57. The van der Waals surface area contributed by atoms with E-state index in [1.807, 2.05) is 0 Å². The van der Waals surface area contributed by atoms with Crippen LogP contribution in [0.2, 0.25) is 0 Å². The van der Waals surface area contributed by atoms with Crippen LogP contribution < -0.4 is 27.4 Å². The molecule has 4 unspecified atom stereocenters. The maximum Gasteiger partial charge on any atom is 0.327 e. The fourth-order valence-corrected chi connectivity index (χ4v) is 2.81. The molecule has 0 saturated heterocycles. The van der Waals surface area contributed by atoms with Crippen LogP contribution >= 0.6 is 12.6 Å². The highest BCUT2D eigenvalue weighted by molar-refractivity contribution is 7.80. The number of primary amides is 1. The molecule has 0 aliphatic carbocycles. The van der Waals surface area contributed by atoms with Gasteiger partial charge in [0.2, 0.25) is 23.6 Å². The quantitative estimate of drug-likeness (QED) is 0.117. The van der Waals surface area contributed by atoms with Crippen molar-refractivity contribution >= 4 is 48.2 Å². The zero-order chi connectivity index (χ0) is 25.0. The van der Waals surface area contributed by atoms with E-state index >= 15 is 0 Å². The highest BCUT2D eigenvalue weighted by atomic mass is 32.1. The van der Waals surface area contributed by atoms with Crippen molar-refractivity contribution in [3.05, 3.63) is 0 Å². The van der Waals surface area contributed by atoms with Gasteiger partial charge in [0.15, 0.2) is 0 Å². The summed E-state index contributed by atoms with van der Waals surface area (Å²) in [6, 6.07) is -5.17. The summed E-state index contributed by atoms with van der Waals surface area (Å²) >= 11 is 3.87. The van der Waals surface area contributed by atoms with Gasteiger partial charge in [0.1, 0.15) is 18.1 Å². The number of hydrogen-bond acceptors (Lipinski definition) is 8. The third-order valence-corrected chi connectivity index (χ3v) is 4.54. The molecule has 9 N–H and O–H groups in total. The molecule has 13 nitrogen and oxygen atoms in total. The Hall–Kier alpha value is -2.87. The van der Waals surface area contributed by atoms with E-state index in [0.29, 0.717) is 0 Å². The fraction of sp³-hybridized carbons (Fsp3) is 0.667. The Morgan fingerprint density at radius 3 is 1.81 bits per heavy atom. The van der Waals surface area contributed by atoms with E-state index in [1.54, 1.807) is 13.8 Å². The van der Waals surface area contributed by atoms with E-state index in [4.69, 9.17) is 21.7 Å². The summed E-state index contributed by atoms with van der Waals surface area (Å²) in [6.07, 6.45) is -1.15. The van der Waals surface area contributed by atoms with Crippen LogP contribution in [-0.2, 0) is 28.8 Å². The lowest BCUT2D eigenvalue weighted by atomic mass is 10.0. The van der Waals surface area contributed by atoms with E-state index < -0.39 is 72.6 Å². The number of thiol groups is 1. The number of carbonyl (C=O) groups is 6. The van der Waals surface area contributed by atoms with Crippen LogP contribution in [0.3, 0.4) is 0 Å². The average Bonchev–Trinajstić information content (AvgIpc) is 2.66. The van der Waals surface area contributed by atoms with Gasteiger partial charge in [-0.2, -0.15) is 12.6 Å². The maximum atomic E-state index is 12.8. The number of carboxylic acids is 2. The van der Waals surface area contributed by atoms with Crippen molar-refractivity contribution in [3.63, 3.8) is 0 Å². The predicted octanol–water partition coefficient (Wildman–Crippen LogP) is -2.43. The van der Waals surface area contributed by atoms with Crippen LogP contribution in [0.1, 0.15) is 39.5 Å². The molecule has 0 radical (unpaired) electrons. The van der Waals surface area contributed by atoms with Gasteiger partial charge < -0.3 is 37.6 Å². The number of nitrogens with two attached hydrogens (primary N) is 2. The van der Waals surface area contributed by atoms with Gasteiger partial charge in [-0.1, -0.05) is 13.8 Å². The Kier molecular flexibility index (Phi) is 13.0. The minimum atomic E-state index is -1.37. The number of aliphatic carboxylic acids is 2. The zero-order valence-electron chi connectivity index (χ0n) is 17.9. The summed E-state index contributed by atoms with van der Waals surface area (Å²) in [5, 5.41) is 24.9. The second kappa shape index (κ2) is 14.2. The highest BCUT2D eigenvalue weighted by Gasteiger charge is 2.30. The Morgan fingerprint density at radius 2 is 1.38 bits per heavy atom. The first-order chi connectivity index (χ1) is 14.8. The predicted molar refractivity (Wildman–Crippen MR) is 115 cm³/mol. The molecule has 4 amide bonds.